The van der Waals surface area contributed by atoms with Crippen LogP contribution in [0.3, 0.4) is 0 Å². The molecule has 1 heterocycles. The van der Waals surface area contributed by atoms with Gasteiger partial charge in [-0.1, -0.05) is 13.0 Å². The molecule has 0 aliphatic rings. The van der Waals surface area contributed by atoms with Crippen molar-refractivity contribution >= 4 is 16.6 Å². The van der Waals surface area contributed by atoms with Crippen LogP contribution in [0.15, 0.2) is 30.5 Å². The van der Waals surface area contributed by atoms with Crippen molar-refractivity contribution in [3.05, 3.63) is 30.5 Å². The fourth-order valence-corrected chi connectivity index (χ4v) is 1.75. The minimum Gasteiger partial charge on any atom is -0.399 e. The first kappa shape index (κ1) is 9.13. The first-order valence-corrected chi connectivity index (χ1v) is 5.08. The molecule has 0 bridgehead atoms. The monoisotopic (exact) mass is 188 g/mol. The van der Waals surface area contributed by atoms with Crippen LogP contribution in [0, 0.1) is 0 Å². The Hall–Kier alpha value is -1.44. The van der Waals surface area contributed by atoms with Gasteiger partial charge in [0.25, 0.3) is 0 Å². The first-order chi connectivity index (χ1) is 6.72. The highest BCUT2D eigenvalue weighted by Crippen LogP contribution is 2.23. The molecule has 1 aromatic carbocycles. The molecular weight excluding hydrogens is 172 g/mol. The molecule has 1 atom stereocenters. The Morgan fingerprint density at radius 1 is 1.36 bits per heavy atom. The van der Waals surface area contributed by atoms with E-state index in [0.29, 0.717) is 6.04 Å². The Bertz CT molecular complexity index is 443. The Balaban J connectivity index is 2.61. The predicted molar refractivity (Wildman–Crippen MR) is 61.4 cm³/mol. The van der Waals surface area contributed by atoms with Crippen molar-refractivity contribution in [2.75, 3.05) is 5.73 Å². The molecule has 0 saturated heterocycles. The third kappa shape index (κ3) is 1.37. The van der Waals surface area contributed by atoms with Gasteiger partial charge in [0.2, 0.25) is 0 Å². The Morgan fingerprint density at radius 2 is 2.14 bits per heavy atom. The molecule has 0 fully saturated rings. The van der Waals surface area contributed by atoms with E-state index in [0.717, 1.165) is 12.1 Å². The van der Waals surface area contributed by atoms with Crippen molar-refractivity contribution in [1.29, 1.82) is 0 Å². The summed E-state index contributed by atoms with van der Waals surface area (Å²) in [5, 5.41) is 1.26. The Labute approximate surface area is 84.3 Å². The van der Waals surface area contributed by atoms with E-state index in [4.69, 9.17) is 5.73 Å². The summed E-state index contributed by atoms with van der Waals surface area (Å²) < 4.78 is 2.28. The molecule has 2 nitrogen and oxygen atoms in total. The van der Waals surface area contributed by atoms with Gasteiger partial charge in [0.1, 0.15) is 0 Å². The maximum absolute atomic E-state index is 5.78. The molecule has 1 aromatic heterocycles. The molecule has 14 heavy (non-hydrogen) atoms. The smallest absolute Gasteiger partial charge is 0.0503 e. The molecule has 0 saturated carbocycles. The van der Waals surface area contributed by atoms with Crippen LogP contribution >= 0.6 is 0 Å². The summed E-state index contributed by atoms with van der Waals surface area (Å²) in [7, 11) is 0. The number of rotatable bonds is 2. The van der Waals surface area contributed by atoms with Crippen LogP contribution in [0.5, 0.6) is 0 Å². The third-order valence-corrected chi connectivity index (χ3v) is 2.81. The number of nitrogen functional groups attached to an aromatic ring is 1. The highest BCUT2D eigenvalue weighted by molar-refractivity contribution is 5.83. The highest BCUT2D eigenvalue weighted by atomic mass is 15.0. The Morgan fingerprint density at radius 3 is 2.86 bits per heavy atom. The molecule has 2 heteroatoms. The van der Waals surface area contributed by atoms with Crippen molar-refractivity contribution in [3.63, 3.8) is 0 Å². The summed E-state index contributed by atoms with van der Waals surface area (Å²) in [4.78, 5) is 0. The van der Waals surface area contributed by atoms with Crippen molar-refractivity contribution in [3.8, 4) is 0 Å². The van der Waals surface area contributed by atoms with Crippen LogP contribution in [-0.2, 0) is 0 Å². The number of aromatic nitrogens is 1. The van der Waals surface area contributed by atoms with E-state index in [1.54, 1.807) is 0 Å². The summed E-state index contributed by atoms with van der Waals surface area (Å²) in [6, 6.07) is 8.74. The maximum atomic E-state index is 5.78. The fraction of sp³-hybridized carbons (Fsp3) is 0.333. The highest BCUT2D eigenvalue weighted by Gasteiger charge is 2.05. The van der Waals surface area contributed by atoms with Gasteiger partial charge in [-0.2, -0.15) is 0 Å². The van der Waals surface area contributed by atoms with E-state index in [1.165, 1.54) is 10.9 Å². The van der Waals surface area contributed by atoms with Gasteiger partial charge in [-0.25, -0.2) is 0 Å². The number of nitrogens with zero attached hydrogens (tertiary/aromatic N) is 1. The van der Waals surface area contributed by atoms with Crippen LogP contribution in [0.2, 0.25) is 0 Å². The predicted octanol–water partition coefficient (Wildman–Crippen LogP) is 3.19. The van der Waals surface area contributed by atoms with E-state index >= 15 is 0 Å². The van der Waals surface area contributed by atoms with Crippen molar-refractivity contribution in [2.24, 2.45) is 0 Å². The van der Waals surface area contributed by atoms with Crippen LogP contribution in [0.4, 0.5) is 5.69 Å². The van der Waals surface area contributed by atoms with Crippen LogP contribution in [0.1, 0.15) is 26.3 Å². The third-order valence-electron chi connectivity index (χ3n) is 2.81. The van der Waals surface area contributed by atoms with Crippen LogP contribution < -0.4 is 5.73 Å². The number of nitrogens with two attached hydrogens (primary N) is 1. The first-order valence-electron chi connectivity index (χ1n) is 5.08. The van der Waals surface area contributed by atoms with Gasteiger partial charge in [0.05, 0.1) is 5.52 Å². The minimum absolute atomic E-state index is 0.536. The zero-order chi connectivity index (χ0) is 10.1. The Kier molecular flexibility index (Phi) is 2.20. The summed E-state index contributed by atoms with van der Waals surface area (Å²) in [6.07, 6.45) is 3.27. The second kappa shape index (κ2) is 3.37. The van der Waals surface area contributed by atoms with Crippen LogP contribution in [0.25, 0.3) is 10.9 Å². The molecule has 0 spiro atoms. The van der Waals surface area contributed by atoms with Crippen molar-refractivity contribution in [2.45, 2.75) is 26.3 Å². The van der Waals surface area contributed by atoms with E-state index < -0.39 is 0 Å². The zero-order valence-electron chi connectivity index (χ0n) is 8.70. The van der Waals surface area contributed by atoms with Gasteiger partial charge in [-0.3, -0.25) is 0 Å². The number of benzene rings is 1. The van der Waals surface area contributed by atoms with Crippen molar-refractivity contribution in [1.82, 2.24) is 4.57 Å². The van der Waals surface area contributed by atoms with E-state index in [9.17, 15) is 0 Å². The standard InChI is InChI=1S/C12H16N2/c1-3-9(2)14-7-6-10-4-5-11(13)8-12(10)14/h4-9H,3,13H2,1-2H3. The molecular formula is C12H16N2. The topological polar surface area (TPSA) is 30.9 Å². The molecule has 2 rings (SSSR count). The van der Waals surface area contributed by atoms with Gasteiger partial charge in [0.15, 0.2) is 0 Å². The number of fused-ring (bicyclic) bond motifs is 1. The number of hydrogen-bond acceptors (Lipinski definition) is 1. The van der Waals surface area contributed by atoms with E-state index in [2.05, 4.69) is 36.7 Å². The lowest BCUT2D eigenvalue weighted by atomic mass is 10.2. The molecule has 0 amide bonds. The summed E-state index contributed by atoms with van der Waals surface area (Å²) in [6.45, 7) is 4.42. The van der Waals surface area contributed by atoms with Crippen LogP contribution in [-0.4, -0.2) is 4.57 Å². The largest absolute Gasteiger partial charge is 0.399 e. The van der Waals surface area contributed by atoms with E-state index in [1.807, 2.05) is 12.1 Å². The normalized spacial score (nSPS) is 13.3. The molecule has 74 valence electrons. The molecule has 0 aliphatic carbocycles. The lowest BCUT2D eigenvalue weighted by Gasteiger charge is -2.12. The summed E-state index contributed by atoms with van der Waals surface area (Å²) in [5.41, 5.74) is 7.85. The van der Waals surface area contributed by atoms with Gasteiger partial charge < -0.3 is 10.3 Å². The lowest BCUT2D eigenvalue weighted by molar-refractivity contribution is 0.548. The van der Waals surface area contributed by atoms with Gasteiger partial charge in [-0.05, 0) is 36.9 Å². The van der Waals surface area contributed by atoms with Gasteiger partial charge >= 0.3 is 0 Å². The second-order valence-corrected chi connectivity index (χ2v) is 3.80. The zero-order valence-corrected chi connectivity index (χ0v) is 8.70. The van der Waals surface area contributed by atoms with E-state index in [-0.39, 0.29) is 0 Å². The quantitative estimate of drug-likeness (QED) is 0.721. The minimum atomic E-state index is 0.536. The maximum Gasteiger partial charge on any atom is 0.0503 e. The lowest BCUT2D eigenvalue weighted by Crippen LogP contribution is -2.01. The average Bonchev–Trinajstić information content (AvgIpc) is 2.59. The average molecular weight is 188 g/mol. The van der Waals surface area contributed by atoms with Gasteiger partial charge in [0, 0.05) is 17.9 Å². The summed E-state index contributed by atoms with van der Waals surface area (Å²) in [5.74, 6) is 0. The molecule has 2 aromatic rings. The molecule has 0 aliphatic heterocycles. The molecule has 2 N–H and O–H groups in total. The SMILES string of the molecule is CCC(C)n1ccc2ccc(N)cc21. The van der Waals surface area contributed by atoms with Gasteiger partial charge in [-0.15, -0.1) is 0 Å². The fourth-order valence-electron chi connectivity index (χ4n) is 1.75. The number of hydrogen-bond donors (Lipinski definition) is 1. The molecule has 0 radical (unpaired) electrons. The summed E-state index contributed by atoms with van der Waals surface area (Å²) >= 11 is 0. The number of anilines is 1. The molecule has 1 unspecified atom stereocenters. The van der Waals surface area contributed by atoms with Crippen molar-refractivity contribution < 1.29 is 0 Å². The second-order valence-electron chi connectivity index (χ2n) is 3.80.